The van der Waals surface area contributed by atoms with Gasteiger partial charge in [0.15, 0.2) is 0 Å². The molecule has 1 aromatic carbocycles. The number of carbonyl (C=O) groups is 1. The van der Waals surface area contributed by atoms with Crippen molar-refractivity contribution in [3.63, 3.8) is 0 Å². The van der Waals surface area contributed by atoms with Gasteiger partial charge in [-0.25, -0.2) is 9.97 Å². The number of hydrogen-bond donors (Lipinski definition) is 3. The number of hydrogen-bond acceptors (Lipinski definition) is 5. The van der Waals surface area contributed by atoms with Crippen molar-refractivity contribution in [1.29, 1.82) is 0 Å². The van der Waals surface area contributed by atoms with E-state index in [2.05, 4.69) is 25.6 Å². The summed E-state index contributed by atoms with van der Waals surface area (Å²) in [5, 5.41) is 6.16. The number of aromatic nitrogens is 3. The molecule has 0 saturated carbocycles. The van der Waals surface area contributed by atoms with E-state index in [1.165, 1.54) is 0 Å². The molecule has 3 rings (SSSR count). The maximum atomic E-state index is 11.9. The van der Waals surface area contributed by atoms with Crippen LogP contribution in [0.3, 0.4) is 0 Å². The topological polar surface area (TPSA) is 99.8 Å². The Morgan fingerprint density at radius 2 is 2.00 bits per heavy atom. The van der Waals surface area contributed by atoms with E-state index in [-0.39, 0.29) is 11.5 Å². The molecule has 0 aliphatic carbocycles. The highest BCUT2D eigenvalue weighted by Gasteiger charge is 2.07. The number of aryl methyl sites for hydroxylation is 1. The molecule has 1 amide bonds. The highest BCUT2D eigenvalue weighted by molar-refractivity contribution is 5.90. The Morgan fingerprint density at radius 1 is 1.17 bits per heavy atom. The van der Waals surface area contributed by atoms with Crippen LogP contribution in [0.2, 0.25) is 0 Å². The Morgan fingerprint density at radius 3 is 2.69 bits per heavy atom. The lowest BCUT2D eigenvalue weighted by Gasteiger charge is -2.09. The van der Waals surface area contributed by atoms with Crippen LogP contribution >= 0.6 is 0 Å². The summed E-state index contributed by atoms with van der Waals surface area (Å²) in [6, 6.07) is 11.4. The van der Waals surface area contributed by atoms with Crippen molar-refractivity contribution in [1.82, 2.24) is 15.0 Å². The standard InChI is InChI=1S/C22H25N5O2/c1-4-6-20(28)26-18-8-5-7-16(11-18)12-23-19-10-9-17(13-24-19)21-25-15(3)14(2)22(29)27-21/h5,7-11,13H,4,6,12H2,1-3H3,(H,23,24)(H,26,28)(H,25,27,29). The maximum Gasteiger partial charge on any atom is 0.254 e. The summed E-state index contributed by atoms with van der Waals surface area (Å²) in [4.78, 5) is 35.3. The Bertz CT molecular complexity index is 1060. The normalized spacial score (nSPS) is 10.6. The molecule has 0 fully saturated rings. The Hall–Kier alpha value is -3.48. The van der Waals surface area contributed by atoms with Crippen molar-refractivity contribution in [3.05, 3.63) is 69.8 Å². The zero-order valence-electron chi connectivity index (χ0n) is 16.9. The van der Waals surface area contributed by atoms with Gasteiger partial charge in [-0.05, 0) is 50.1 Å². The van der Waals surface area contributed by atoms with Crippen LogP contribution < -0.4 is 16.2 Å². The van der Waals surface area contributed by atoms with Crippen LogP contribution in [0, 0.1) is 13.8 Å². The third kappa shape index (κ3) is 5.28. The first kappa shape index (κ1) is 20.3. The summed E-state index contributed by atoms with van der Waals surface area (Å²) >= 11 is 0. The predicted octanol–water partition coefficient (Wildman–Crippen LogP) is 3.80. The molecule has 0 bridgehead atoms. The number of carbonyl (C=O) groups excluding carboxylic acids is 1. The molecule has 7 heteroatoms. The smallest absolute Gasteiger partial charge is 0.254 e. The number of anilines is 2. The summed E-state index contributed by atoms with van der Waals surface area (Å²) in [6.45, 7) is 6.12. The van der Waals surface area contributed by atoms with Crippen LogP contribution in [0.1, 0.15) is 36.6 Å². The number of nitrogens with zero attached hydrogens (tertiary/aromatic N) is 2. The fourth-order valence-corrected chi connectivity index (χ4v) is 2.82. The minimum absolute atomic E-state index is 0.0212. The molecule has 0 aliphatic rings. The van der Waals surface area contributed by atoms with Gasteiger partial charge in [-0.2, -0.15) is 0 Å². The van der Waals surface area contributed by atoms with E-state index >= 15 is 0 Å². The monoisotopic (exact) mass is 391 g/mol. The van der Waals surface area contributed by atoms with Crippen LogP contribution in [0.15, 0.2) is 47.4 Å². The van der Waals surface area contributed by atoms with Crippen molar-refractivity contribution in [2.75, 3.05) is 10.6 Å². The van der Waals surface area contributed by atoms with Crippen molar-refractivity contribution in [3.8, 4) is 11.4 Å². The Balaban J connectivity index is 1.65. The van der Waals surface area contributed by atoms with Gasteiger partial charge in [-0.3, -0.25) is 9.59 Å². The Labute approximate surface area is 169 Å². The molecular formula is C22H25N5O2. The molecule has 2 aromatic heterocycles. The maximum absolute atomic E-state index is 11.9. The van der Waals surface area contributed by atoms with Gasteiger partial charge in [-0.15, -0.1) is 0 Å². The molecule has 150 valence electrons. The van der Waals surface area contributed by atoms with Gasteiger partial charge in [0.05, 0.1) is 0 Å². The number of nitrogens with one attached hydrogen (secondary N) is 3. The van der Waals surface area contributed by atoms with Crippen LogP contribution in [0.5, 0.6) is 0 Å². The zero-order valence-corrected chi connectivity index (χ0v) is 16.9. The van der Waals surface area contributed by atoms with Gasteiger partial charge < -0.3 is 15.6 Å². The highest BCUT2D eigenvalue weighted by atomic mass is 16.1. The van der Waals surface area contributed by atoms with E-state index < -0.39 is 0 Å². The van der Waals surface area contributed by atoms with Crippen LogP contribution in [-0.4, -0.2) is 20.9 Å². The lowest BCUT2D eigenvalue weighted by Crippen LogP contribution is -2.14. The molecule has 3 N–H and O–H groups in total. The molecule has 0 spiro atoms. The largest absolute Gasteiger partial charge is 0.366 e. The zero-order chi connectivity index (χ0) is 20.8. The molecule has 0 radical (unpaired) electrons. The average Bonchev–Trinajstić information content (AvgIpc) is 2.71. The van der Waals surface area contributed by atoms with Crippen LogP contribution in [0.4, 0.5) is 11.5 Å². The van der Waals surface area contributed by atoms with E-state index in [1.807, 2.05) is 50.2 Å². The number of rotatable bonds is 7. The summed E-state index contributed by atoms with van der Waals surface area (Å²) in [5.41, 5.74) is 3.75. The van der Waals surface area contributed by atoms with Crippen molar-refractivity contribution in [2.45, 2.75) is 40.2 Å². The molecule has 29 heavy (non-hydrogen) atoms. The first-order valence-corrected chi connectivity index (χ1v) is 9.63. The number of pyridine rings is 1. The molecule has 0 saturated heterocycles. The SMILES string of the molecule is CCCC(=O)Nc1cccc(CNc2ccc(-c3nc(C)c(C)c(=O)[nH]3)cn2)c1. The average molecular weight is 391 g/mol. The fourth-order valence-electron chi connectivity index (χ4n) is 2.82. The summed E-state index contributed by atoms with van der Waals surface area (Å²) in [5.74, 6) is 1.24. The first-order valence-electron chi connectivity index (χ1n) is 9.63. The van der Waals surface area contributed by atoms with Gasteiger partial charge >= 0.3 is 0 Å². The predicted molar refractivity (Wildman–Crippen MR) is 115 cm³/mol. The lowest BCUT2D eigenvalue weighted by atomic mass is 10.2. The molecule has 0 unspecified atom stereocenters. The second-order valence-electron chi connectivity index (χ2n) is 6.91. The third-order valence-corrected chi connectivity index (χ3v) is 4.59. The van der Waals surface area contributed by atoms with Gasteiger partial charge in [0.2, 0.25) is 5.91 Å². The molecular weight excluding hydrogens is 366 g/mol. The summed E-state index contributed by atoms with van der Waals surface area (Å²) < 4.78 is 0. The van der Waals surface area contributed by atoms with Crippen molar-refractivity contribution in [2.24, 2.45) is 0 Å². The van der Waals surface area contributed by atoms with Crippen molar-refractivity contribution < 1.29 is 4.79 Å². The van der Waals surface area contributed by atoms with Crippen molar-refractivity contribution >= 4 is 17.4 Å². The van der Waals surface area contributed by atoms with E-state index in [1.54, 1.807) is 13.1 Å². The molecule has 3 aromatic rings. The fraction of sp³-hybridized carbons (Fsp3) is 0.273. The summed E-state index contributed by atoms with van der Waals surface area (Å²) in [7, 11) is 0. The van der Waals surface area contributed by atoms with E-state index in [0.717, 1.165) is 23.2 Å². The van der Waals surface area contributed by atoms with Gasteiger partial charge in [0, 0.05) is 41.7 Å². The number of H-pyrrole nitrogens is 1. The molecule has 7 nitrogen and oxygen atoms in total. The van der Waals surface area contributed by atoms with E-state index in [4.69, 9.17) is 0 Å². The van der Waals surface area contributed by atoms with E-state index in [0.29, 0.717) is 35.9 Å². The highest BCUT2D eigenvalue weighted by Crippen LogP contribution is 2.17. The number of aromatic amines is 1. The minimum atomic E-state index is -0.138. The van der Waals surface area contributed by atoms with Crippen LogP contribution in [0.25, 0.3) is 11.4 Å². The van der Waals surface area contributed by atoms with Gasteiger partial charge in [-0.1, -0.05) is 19.1 Å². The summed E-state index contributed by atoms with van der Waals surface area (Å²) in [6.07, 6.45) is 3.01. The lowest BCUT2D eigenvalue weighted by molar-refractivity contribution is -0.116. The quantitative estimate of drug-likeness (QED) is 0.569. The van der Waals surface area contributed by atoms with E-state index in [9.17, 15) is 9.59 Å². The molecule has 2 heterocycles. The number of amides is 1. The van der Waals surface area contributed by atoms with Gasteiger partial charge in [0.1, 0.15) is 11.6 Å². The minimum Gasteiger partial charge on any atom is -0.366 e. The third-order valence-electron chi connectivity index (χ3n) is 4.59. The Kier molecular flexibility index (Phi) is 6.39. The molecule has 0 aliphatic heterocycles. The second kappa shape index (κ2) is 9.14. The second-order valence-corrected chi connectivity index (χ2v) is 6.91. The first-order chi connectivity index (χ1) is 14.0. The molecule has 0 atom stereocenters. The number of benzene rings is 1. The van der Waals surface area contributed by atoms with Crippen LogP contribution in [-0.2, 0) is 11.3 Å². The van der Waals surface area contributed by atoms with Gasteiger partial charge in [0.25, 0.3) is 5.56 Å².